The van der Waals surface area contributed by atoms with Crippen LogP contribution in [0.4, 0.5) is 0 Å². The third kappa shape index (κ3) is 2.06. The summed E-state index contributed by atoms with van der Waals surface area (Å²) >= 11 is 0. The molecule has 84 valence electrons. The van der Waals surface area contributed by atoms with Gasteiger partial charge in [-0.25, -0.2) is 0 Å². The molecular weight excluding hydrogens is 190 g/mol. The predicted octanol–water partition coefficient (Wildman–Crippen LogP) is 1.47. The molecule has 1 aromatic heterocycles. The molecule has 0 aromatic carbocycles. The van der Waals surface area contributed by atoms with Gasteiger partial charge in [0, 0.05) is 12.7 Å². The Balaban J connectivity index is 2.10. The smallest absolute Gasteiger partial charge is 0.0787 e. The van der Waals surface area contributed by atoms with E-state index in [0.717, 1.165) is 25.1 Å². The summed E-state index contributed by atoms with van der Waals surface area (Å²) in [5.41, 5.74) is 7.28. The van der Waals surface area contributed by atoms with Gasteiger partial charge in [0.1, 0.15) is 0 Å². The lowest BCUT2D eigenvalue weighted by atomic mass is 10.1. The van der Waals surface area contributed by atoms with Crippen molar-refractivity contribution in [3.8, 4) is 0 Å². The number of aryl methyl sites for hydroxylation is 1. The second kappa shape index (κ2) is 4.33. The van der Waals surface area contributed by atoms with Crippen molar-refractivity contribution in [2.24, 2.45) is 5.73 Å². The molecule has 4 nitrogen and oxygen atoms in total. The van der Waals surface area contributed by atoms with Gasteiger partial charge in [-0.05, 0) is 32.8 Å². The molecule has 1 aliphatic heterocycles. The zero-order valence-electron chi connectivity index (χ0n) is 9.39. The Kier molecular flexibility index (Phi) is 3.07. The van der Waals surface area contributed by atoms with Crippen LogP contribution in [0.3, 0.4) is 0 Å². The van der Waals surface area contributed by atoms with Crippen LogP contribution >= 0.6 is 0 Å². The van der Waals surface area contributed by atoms with Crippen LogP contribution in [-0.4, -0.2) is 22.0 Å². The second-order valence-electron chi connectivity index (χ2n) is 4.16. The van der Waals surface area contributed by atoms with E-state index in [0.29, 0.717) is 6.10 Å². The first kappa shape index (κ1) is 10.6. The monoisotopic (exact) mass is 209 g/mol. The highest BCUT2D eigenvalue weighted by Crippen LogP contribution is 2.28. The summed E-state index contributed by atoms with van der Waals surface area (Å²) < 4.78 is 7.72. The molecule has 0 radical (unpaired) electrons. The first-order chi connectivity index (χ1) is 7.22. The Bertz CT molecular complexity index is 323. The minimum atomic E-state index is -0.0441. The molecule has 1 aliphatic rings. The van der Waals surface area contributed by atoms with Crippen LogP contribution in [0.5, 0.6) is 0 Å². The van der Waals surface area contributed by atoms with E-state index in [9.17, 15) is 0 Å². The highest BCUT2D eigenvalue weighted by molar-refractivity contribution is 5.09. The summed E-state index contributed by atoms with van der Waals surface area (Å²) in [7, 11) is 0. The molecule has 2 N–H and O–H groups in total. The largest absolute Gasteiger partial charge is 0.373 e. The molecule has 0 saturated carbocycles. The van der Waals surface area contributed by atoms with E-state index in [2.05, 4.69) is 18.9 Å². The molecule has 1 saturated heterocycles. The fourth-order valence-electron chi connectivity index (χ4n) is 2.18. The minimum Gasteiger partial charge on any atom is -0.373 e. The van der Waals surface area contributed by atoms with Crippen molar-refractivity contribution in [3.05, 3.63) is 18.0 Å². The van der Waals surface area contributed by atoms with Crippen LogP contribution in [0.25, 0.3) is 0 Å². The van der Waals surface area contributed by atoms with E-state index in [1.165, 1.54) is 0 Å². The van der Waals surface area contributed by atoms with Gasteiger partial charge in [0.15, 0.2) is 0 Å². The van der Waals surface area contributed by atoms with E-state index >= 15 is 0 Å². The van der Waals surface area contributed by atoms with Crippen LogP contribution < -0.4 is 5.73 Å². The normalized spacial score (nSPS) is 28.2. The summed E-state index contributed by atoms with van der Waals surface area (Å²) in [6.07, 6.45) is 4.47. The molecule has 2 heterocycles. The zero-order chi connectivity index (χ0) is 10.8. The van der Waals surface area contributed by atoms with Crippen LogP contribution in [0.1, 0.15) is 38.4 Å². The van der Waals surface area contributed by atoms with E-state index < -0.39 is 0 Å². The van der Waals surface area contributed by atoms with Gasteiger partial charge in [-0.15, -0.1) is 0 Å². The van der Waals surface area contributed by atoms with Gasteiger partial charge in [-0.1, -0.05) is 0 Å². The van der Waals surface area contributed by atoms with Gasteiger partial charge >= 0.3 is 0 Å². The zero-order valence-corrected chi connectivity index (χ0v) is 9.39. The molecule has 0 bridgehead atoms. The van der Waals surface area contributed by atoms with Gasteiger partial charge in [-0.3, -0.25) is 4.68 Å². The molecule has 0 aliphatic carbocycles. The Morgan fingerprint density at radius 3 is 3.07 bits per heavy atom. The average molecular weight is 209 g/mol. The highest BCUT2D eigenvalue weighted by Gasteiger charge is 2.29. The number of rotatable bonds is 3. The highest BCUT2D eigenvalue weighted by atomic mass is 16.5. The molecule has 1 fully saturated rings. The SMILES string of the molecule is CCn1nccc1C(N)C1CCC(C)O1. The summed E-state index contributed by atoms with van der Waals surface area (Å²) in [5, 5.41) is 4.23. The van der Waals surface area contributed by atoms with Crippen molar-refractivity contribution in [3.63, 3.8) is 0 Å². The summed E-state index contributed by atoms with van der Waals surface area (Å²) in [6.45, 7) is 5.03. The van der Waals surface area contributed by atoms with E-state index in [1.807, 2.05) is 10.7 Å². The molecule has 2 rings (SSSR count). The summed E-state index contributed by atoms with van der Waals surface area (Å²) in [5.74, 6) is 0. The van der Waals surface area contributed by atoms with Crippen molar-refractivity contribution < 1.29 is 4.74 Å². The number of nitrogens with zero attached hydrogens (tertiary/aromatic N) is 2. The van der Waals surface area contributed by atoms with E-state index in [1.54, 1.807) is 6.20 Å². The van der Waals surface area contributed by atoms with Crippen LogP contribution in [0.15, 0.2) is 12.3 Å². The molecular formula is C11H19N3O. The Hall–Kier alpha value is -0.870. The first-order valence-electron chi connectivity index (χ1n) is 5.65. The second-order valence-corrected chi connectivity index (χ2v) is 4.16. The Morgan fingerprint density at radius 2 is 2.47 bits per heavy atom. The van der Waals surface area contributed by atoms with E-state index in [-0.39, 0.29) is 12.1 Å². The van der Waals surface area contributed by atoms with Crippen molar-refractivity contribution in [2.45, 2.75) is 51.5 Å². The number of hydrogen-bond donors (Lipinski definition) is 1. The predicted molar refractivity (Wildman–Crippen MR) is 58.4 cm³/mol. The molecule has 3 unspecified atom stereocenters. The fraction of sp³-hybridized carbons (Fsp3) is 0.727. The molecule has 0 spiro atoms. The number of nitrogens with two attached hydrogens (primary N) is 1. The summed E-state index contributed by atoms with van der Waals surface area (Å²) in [4.78, 5) is 0. The lowest BCUT2D eigenvalue weighted by Gasteiger charge is -2.20. The molecule has 1 aromatic rings. The maximum atomic E-state index is 6.20. The molecule has 4 heteroatoms. The first-order valence-corrected chi connectivity index (χ1v) is 5.65. The quantitative estimate of drug-likeness (QED) is 0.820. The van der Waals surface area contributed by atoms with Gasteiger partial charge in [0.2, 0.25) is 0 Å². The third-order valence-corrected chi connectivity index (χ3v) is 3.06. The van der Waals surface area contributed by atoms with Gasteiger partial charge < -0.3 is 10.5 Å². The lowest BCUT2D eigenvalue weighted by molar-refractivity contribution is 0.0384. The number of hydrogen-bond acceptors (Lipinski definition) is 3. The minimum absolute atomic E-state index is 0.0441. The Labute approximate surface area is 90.4 Å². The molecule has 3 atom stereocenters. The van der Waals surface area contributed by atoms with Gasteiger partial charge in [-0.2, -0.15) is 5.10 Å². The van der Waals surface area contributed by atoms with Crippen LogP contribution in [-0.2, 0) is 11.3 Å². The Morgan fingerprint density at radius 1 is 1.67 bits per heavy atom. The maximum absolute atomic E-state index is 6.20. The standard InChI is InChI=1S/C11H19N3O/c1-3-14-9(6-7-13-14)11(12)10-5-4-8(2)15-10/h6-8,10-11H,3-5,12H2,1-2H3. The summed E-state index contributed by atoms with van der Waals surface area (Å²) in [6, 6.07) is 1.94. The van der Waals surface area contributed by atoms with Crippen molar-refractivity contribution in [2.75, 3.05) is 0 Å². The van der Waals surface area contributed by atoms with Crippen LogP contribution in [0.2, 0.25) is 0 Å². The lowest BCUT2D eigenvalue weighted by Crippen LogP contribution is -2.28. The van der Waals surface area contributed by atoms with Crippen molar-refractivity contribution >= 4 is 0 Å². The average Bonchev–Trinajstić information content (AvgIpc) is 2.84. The molecule has 0 amide bonds. The van der Waals surface area contributed by atoms with Crippen LogP contribution in [0, 0.1) is 0 Å². The maximum Gasteiger partial charge on any atom is 0.0787 e. The molecule has 15 heavy (non-hydrogen) atoms. The number of aromatic nitrogens is 2. The fourth-order valence-corrected chi connectivity index (χ4v) is 2.18. The van der Waals surface area contributed by atoms with E-state index in [4.69, 9.17) is 10.5 Å². The van der Waals surface area contributed by atoms with Crippen molar-refractivity contribution in [1.82, 2.24) is 9.78 Å². The van der Waals surface area contributed by atoms with Crippen molar-refractivity contribution in [1.29, 1.82) is 0 Å². The topological polar surface area (TPSA) is 53.1 Å². The van der Waals surface area contributed by atoms with Gasteiger partial charge in [0.25, 0.3) is 0 Å². The van der Waals surface area contributed by atoms with Gasteiger partial charge in [0.05, 0.1) is 23.9 Å². The third-order valence-electron chi connectivity index (χ3n) is 3.06. The number of ether oxygens (including phenoxy) is 1.